The highest BCUT2D eigenvalue weighted by Crippen LogP contribution is 2.70. The molecule has 36 heavy (non-hydrogen) atoms. The van der Waals surface area contributed by atoms with Gasteiger partial charge in [-0.15, -0.1) is 0 Å². The van der Waals surface area contributed by atoms with E-state index in [1.54, 1.807) is 0 Å². The normalized spacial score (nSPS) is 36.8. The second kappa shape index (κ2) is 7.13. The molecule has 5 nitrogen and oxygen atoms in total. The molecular formula is C28H32F3N3O2. The molecule has 0 aliphatic heterocycles. The number of fused-ring (bicyclic) bond motifs is 3. The standard InChI is InChI=1S/C28H32F3N3O2/c1-24(29,30)22-32-21(33-36-22)26-10-7-25(8-11-26,9-12-26)17-34(23(35)27-14-28(31,15-27)16-27)20-4-2-3-19(13-20)18-5-6-18/h2-4,13,18H,5-12,14-17H2,1H3. The van der Waals surface area contributed by atoms with Crippen LogP contribution in [0.3, 0.4) is 0 Å². The number of benzene rings is 1. The quantitative estimate of drug-likeness (QED) is 0.432. The molecule has 7 aliphatic rings. The van der Waals surface area contributed by atoms with Gasteiger partial charge in [0.05, 0.1) is 5.41 Å². The Labute approximate surface area is 208 Å². The van der Waals surface area contributed by atoms with Crippen LogP contribution >= 0.6 is 0 Å². The van der Waals surface area contributed by atoms with Gasteiger partial charge in [-0.3, -0.25) is 4.79 Å². The molecule has 7 aliphatic carbocycles. The van der Waals surface area contributed by atoms with Crippen molar-refractivity contribution in [2.24, 2.45) is 10.8 Å². The van der Waals surface area contributed by atoms with Crippen LogP contribution in [0.5, 0.6) is 0 Å². The van der Waals surface area contributed by atoms with Crippen molar-refractivity contribution in [2.75, 3.05) is 11.4 Å². The number of hydrogen-bond donors (Lipinski definition) is 0. The highest BCUT2D eigenvalue weighted by Gasteiger charge is 2.73. The van der Waals surface area contributed by atoms with Gasteiger partial charge in [-0.05, 0) is 99.7 Å². The molecular weight excluding hydrogens is 467 g/mol. The molecule has 8 heteroatoms. The van der Waals surface area contributed by atoms with E-state index in [4.69, 9.17) is 4.52 Å². The van der Waals surface area contributed by atoms with Crippen molar-refractivity contribution in [3.8, 4) is 0 Å². The molecule has 1 amide bonds. The largest absolute Gasteiger partial charge is 0.333 e. The van der Waals surface area contributed by atoms with Gasteiger partial charge in [0, 0.05) is 24.6 Å². The second-order valence-electron chi connectivity index (χ2n) is 12.8. The Kier molecular flexibility index (Phi) is 4.52. The Bertz CT molecular complexity index is 1190. The molecule has 1 heterocycles. The van der Waals surface area contributed by atoms with Gasteiger partial charge in [0.25, 0.3) is 5.89 Å². The SMILES string of the molecule is CC(F)(F)c1nc(C23CCC(CN(C(=O)C45CC(F)(C4)C5)c4cccc(C5CC5)c4)(CC2)CC3)no1. The molecule has 1 aromatic carbocycles. The fraction of sp³-hybridized carbons (Fsp3) is 0.679. The van der Waals surface area contributed by atoms with Gasteiger partial charge in [-0.25, -0.2) is 4.39 Å². The lowest BCUT2D eigenvalue weighted by Gasteiger charge is -2.65. The topological polar surface area (TPSA) is 59.2 Å². The van der Waals surface area contributed by atoms with Gasteiger partial charge >= 0.3 is 5.92 Å². The number of nitrogens with zero attached hydrogens (tertiary/aromatic N) is 3. The van der Waals surface area contributed by atoms with Crippen molar-refractivity contribution in [3.63, 3.8) is 0 Å². The lowest BCUT2D eigenvalue weighted by molar-refractivity contribution is -0.211. The van der Waals surface area contributed by atoms with Crippen molar-refractivity contribution in [3.05, 3.63) is 41.5 Å². The first-order valence-corrected chi connectivity index (χ1v) is 13.4. The number of amides is 1. The maximum absolute atomic E-state index is 14.4. The monoisotopic (exact) mass is 499 g/mol. The Morgan fingerprint density at radius 2 is 1.78 bits per heavy atom. The van der Waals surface area contributed by atoms with Gasteiger partial charge in [-0.1, -0.05) is 17.3 Å². The molecule has 0 unspecified atom stereocenters. The number of anilines is 1. The maximum atomic E-state index is 14.4. The third-order valence-electron chi connectivity index (χ3n) is 10.1. The lowest BCUT2D eigenvalue weighted by Crippen LogP contribution is -2.71. The number of rotatable bonds is 7. The van der Waals surface area contributed by atoms with Crippen molar-refractivity contribution in [2.45, 2.75) is 100 Å². The summed E-state index contributed by atoms with van der Waals surface area (Å²) in [6.45, 7) is 1.40. The zero-order valence-corrected chi connectivity index (χ0v) is 20.7. The predicted molar refractivity (Wildman–Crippen MR) is 127 cm³/mol. The van der Waals surface area contributed by atoms with Crippen LogP contribution in [0.15, 0.2) is 28.8 Å². The van der Waals surface area contributed by atoms with Gasteiger partial charge in [0.15, 0.2) is 5.82 Å². The molecule has 2 aromatic rings. The van der Waals surface area contributed by atoms with Crippen LogP contribution in [0.2, 0.25) is 0 Å². The van der Waals surface area contributed by atoms with Crippen molar-refractivity contribution in [1.82, 2.24) is 10.1 Å². The summed E-state index contributed by atoms with van der Waals surface area (Å²) in [5.41, 5.74) is 0.208. The highest BCUT2D eigenvalue weighted by atomic mass is 19.3. The number of aromatic nitrogens is 2. The van der Waals surface area contributed by atoms with E-state index in [-0.39, 0.29) is 16.7 Å². The summed E-state index contributed by atoms with van der Waals surface area (Å²) in [6.07, 6.45) is 8.49. The van der Waals surface area contributed by atoms with E-state index in [2.05, 4.69) is 22.3 Å². The zero-order chi connectivity index (χ0) is 25.0. The second-order valence-corrected chi connectivity index (χ2v) is 12.8. The highest BCUT2D eigenvalue weighted by molar-refractivity contribution is 6.00. The first-order valence-electron chi connectivity index (χ1n) is 13.4. The summed E-state index contributed by atoms with van der Waals surface area (Å²) in [5.74, 6) is -2.70. The number of hydrogen-bond acceptors (Lipinski definition) is 4. The predicted octanol–water partition coefficient (Wildman–Crippen LogP) is 6.58. The van der Waals surface area contributed by atoms with Gasteiger partial charge in [0.2, 0.25) is 5.91 Å². The summed E-state index contributed by atoms with van der Waals surface area (Å²) in [7, 11) is 0. The van der Waals surface area contributed by atoms with Crippen molar-refractivity contribution in [1.29, 1.82) is 0 Å². The molecule has 4 bridgehead atoms. The minimum Gasteiger partial charge on any atom is -0.333 e. The minimum absolute atomic E-state index is 0.0365. The Balaban J connectivity index is 1.14. The average Bonchev–Trinajstić information content (AvgIpc) is 3.55. The summed E-state index contributed by atoms with van der Waals surface area (Å²) < 4.78 is 46.7. The first-order chi connectivity index (χ1) is 17.0. The zero-order valence-electron chi connectivity index (χ0n) is 20.7. The van der Waals surface area contributed by atoms with Crippen molar-refractivity contribution < 1.29 is 22.5 Å². The van der Waals surface area contributed by atoms with Crippen LogP contribution in [0.1, 0.15) is 101 Å². The Morgan fingerprint density at radius 3 is 2.33 bits per heavy atom. The van der Waals surface area contributed by atoms with Crippen LogP contribution in [0, 0.1) is 10.8 Å². The molecule has 0 N–H and O–H groups in total. The van der Waals surface area contributed by atoms with E-state index in [0.29, 0.717) is 37.5 Å². The fourth-order valence-electron chi connectivity index (χ4n) is 7.61. The summed E-state index contributed by atoms with van der Waals surface area (Å²) in [5, 5.41) is 3.96. The number of carbonyl (C=O) groups excluding carboxylic acids is 1. The average molecular weight is 500 g/mol. The summed E-state index contributed by atoms with van der Waals surface area (Å²) in [4.78, 5) is 20.0. The number of carbonyl (C=O) groups is 1. The molecule has 0 radical (unpaired) electrons. The lowest BCUT2D eigenvalue weighted by atomic mass is 9.41. The van der Waals surface area contributed by atoms with Gasteiger partial charge < -0.3 is 9.42 Å². The molecule has 9 rings (SSSR count). The Morgan fingerprint density at radius 1 is 1.11 bits per heavy atom. The third-order valence-corrected chi connectivity index (χ3v) is 10.1. The first kappa shape index (κ1) is 22.8. The van der Waals surface area contributed by atoms with Gasteiger partial charge in [0.1, 0.15) is 5.67 Å². The van der Waals surface area contributed by atoms with E-state index in [0.717, 1.165) is 51.1 Å². The summed E-state index contributed by atoms with van der Waals surface area (Å²) >= 11 is 0. The minimum atomic E-state index is -3.15. The molecule has 7 saturated carbocycles. The van der Waals surface area contributed by atoms with Crippen molar-refractivity contribution >= 4 is 11.6 Å². The van der Waals surface area contributed by atoms with Crippen LogP contribution < -0.4 is 4.90 Å². The smallest absolute Gasteiger partial charge is 0.322 e. The molecule has 7 fully saturated rings. The van der Waals surface area contributed by atoms with E-state index >= 15 is 0 Å². The van der Waals surface area contributed by atoms with Crippen LogP contribution in [-0.4, -0.2) is 28.3 Å². The Hall–Kier alpha value is -2.38. The maximum Gasteiger partial charge on any atom is 0.322 e. The van der Waals surface area contributed by atoms with E-state index in [1.807, 2.05) is 17.0 Å². The van der Waals surface area contributed by atoms with E-state index < -0.39 is 22.9 Å². The van der Waals surface area contributed by atoms with Crippen LogP contribution in [0.25, 0.3) is 0 Å². The van der Waals surface area contributed by atoms with Gasteiger partial charge in [-0.2, -0.15) is 13.8 Å². The third kappa shape index (κ3) is 3.38. The number of alkyl halides is 3. The molecule has 192 valence electrons. The van der Waals surface area contributed by atoms with Crippen LogP contribution in [0.4, 0.5) is 18.9 Å². The molecule has 0 saturated heterocycles. The summed E-state index contributed by atoms with van der Waals surface area (Å²) in [6, 6.07) is 8.39. The van der Waals surface area contributed by atoms with E-state index in [9.17, 15) is 18.0 Å². The fourth-order valence-corrected chi connectivity index (χ4v) is 7.61. The molecule has 1 aromatic heterocycles. The number of halogens is 3. The van der Waals surface area contributed by atoms with E-state index in [1.165, 1.54) is 18.4 Å². The molecule has 0 atom stereocenters. The molecule has 0 spiro atoms. The van der Waals surface area contributed by atoms with Crippen LogP contribution in [-0.2, 0) is 16.1 Å².